The van der Waals surface area contributed by atoms with E-state index in [4.69, 9.17) is 5.73 Å². The van der Waals surface area contributed by atoms with Crippen LogP contribution in [-0.4, -0.2) is 24.2 Å². The number of hydrogen-bond acceptors (Lipinski definition) is 4. The van der Waals surface area contributed by atoms with E-state index in [1.807, 2.05) is 0 Å². The van der Waals surface area contributed by atoms with Gasteiger partial charge in [0.15, 0.2) is 9.84 Å². The maximum absolute atomic E-state index is 13.5. The Labute approximate surface area is 144 Å². The topological polar surface area (TPSA) is 78.0 Å². The van der Waals surface area contributed by atoms with Crippen LogP contribution in [0.4, 0.5) is 8.78 Å². The number of para-hydroxylation sites is 1. The molecule has 0 aliphatic rings. The Morgan fingerprint density at radius 3 is 2.40 bits per heavy atom. The van der Waals surface area contributed by atoms with Gasteiger partial charge in [0, 0.05) is 18.9 Å². The first-order valence-corrected chi connectivity index (χ1v) is 9.45. The van der Waals surface area contributed by atoms with Crippen molar-refractivity contribution in [3.63, 3.8) is 0 Å². The molecule has 8 heteroatoms. The first kappa shape index (κ1) is 17.5. The lowest BCUT2D eigenvalue weighted by Crippen LogP contribution is -2.15. The van der Waals surface area contributed by atoms with Crippen LogP contribution in [0.2, 0.25) is 0 Å². The zero-order valence-electron chi connectivity index (χ0n) is 13.7. The molecule has 1 atom stereocenters. The molecule has 0 fully saturated rings. The molecule has 1 aromatic heterocycles. The lowest BCUT2D eigenvalue weighted by Gasteiger charge is -2.13. The molecule has 0 saturated heterocycles. The fraction of sp³-hybridized carbons (Fsp3) is 0.235. The first-order valence-electron chi connectivity index (χ1n) is 7.56. The summed E-state index contributed by atoms with van der Waals surface area (Å²) in [5.41, 5.74) is 7.16. The van der Waals surface area contributed by atoms with Crippen molar-refractivity contribution < 1.29 is 17.2 Å². The van der Waals surface area contributed by atoms with E-state index in [9.17, 15) is 17.2 Å². The van der Waals surface area contributed by atoms with Gasteiger partial charge in [0.05, 0.1) is 22.0 Å². The molecular formula is C17H17F2N3O2S. The molecule has 0 spiro atoms. The molecule has 3 rings (SSSR count). The van der Waals surface area contributed by atoms with E-state index < -0.39 is 27.5 Å². The fourth-order valence-corrected chi connectivity index (χ4v) is 3.75. The van der Waals surface area contributed by atoms with Crippen molar-refractivity contribution >= 4 is 20.9 Å². The highest BCUT2D eigenvalue weighted by Crippen LogP contribution is 2.27. The van der Waals surface area contributed by atoms with Crippen LogP contribution in [-0.2, 0) is 16.4 Å². The largest absolute Gasteiger partial charge is 0.322 e. The van der Waals surface area contributed by atoms with E-state index in [2.05, 4.69) is 4.98 Å². The molecule has 1 heterocycles. The molecule has 0 amide bonds. The van der Waals surface area contributed by atoms with Crippen molar-refractivity contribution in [3.05, 3.63) is 59.4 Å². The molecule has 0 unspecified atom stereocenters. The van der Waals surface area contributed by atoms with Crippen molar-refractivity contribution in [1.82, 2.24) is 9.55 Å². The molecule has 25 heavy (non-hydrogen) atoms. The van der Waals surface area contributed by atoms with Crippen LogP contribution in [0.3, 0.4) is 0 Å². The maximum Gasteiger partial charge on any atom is 0.177 e. The van der Waals surface area contributed by atoms with Crippen LogP contribution >= 0.6 is 0 Å². The number of aromatic nitrogens is 2. The Kier molecular flexibility index (Phi) is 4.34. The SMILES string of the molecule is C[C@H](N)c1nc2cccc(S(C)(=O)=O)c2n1Cc1cc(F)cc(F)c1. The summed E-state index contributed by atoms with van der Waals surface area (Å²) in [6.45, 7) is 1.76. The number of fused-ring (bicyclic) bond motifs is 1. The zero-order valence-corrected chi connectivity index (χ0v) is 14.5. The summed E-state index contributed by atoms with van der Waals surface area (Å²) < 4.78 is 52.9. The number of nitrogens with two attached hydrogens (primary N) is 1. The summed E-state index contributed by atoms with van der Waals surface area (Å²) in [6, 6.07) is 7.45. The monoisotopic (exact) mass is 365 g/mol. The highest BCUT2D eigenvalue weighted by Gasteiger charge is 2.21. The quantitative estimate of drug-likeness (QED) is 0.771. The minimum atomic E-state index is -3.52. The van der Waals surface area contributed by atoms with Crippen LogP contribution in [0.1, 0.15) is 24.4 Å². The number of sulfone groups is 1. The molecule has 0 radical (unpaired) electrons. The lowest BCUT2D eigenvalue weighted by molar-refractivity contribution is 0.575. The van der Waals surface area contributed by atoms with Crippen LogP contribution in [0.25, 0.3) is 11.0 Å². The molecule has 2 N–H and O–H groups in total. The van der Waals surface area contributed by atoms with Gasteiger partial charge in [-0.05, 0) is 36.8 Å². The van der Waals surface area contributed by atoms with E-state index in [1.165, 1.54) is 18.2 Å². The summed E-state index contributed by atoms with van der Waals surface area (Å²) in [6.07, 6.45) is 1.10. The van der Waals surface area contributed by atoms with Gasteiger partial charge in [-0.3, -0.25) is 0 Å². The van der Waals surface area contributed by atoms with E-state index in [-0.39, 0.29) is 11.4 Å². The van der Waals surface area contributed by atoms with Gasteiger partial charge in [-0.25, -0.2) is 22.2 Å². The van der Waals surface area contributed by atoms with Gasteiger partial charge in [0.1, 0.15) is 17.5 Å². The number of benzene rings is 2. The molecule has 0 aliphatic carbocycles. The Balaban J connectivity index is 2.29. The predicted molar refractivity (Wildman–Crippen MR) is 90.9 cm³/mol. The smallest absolute Gasteiger partial charge is 0.177 e. The fourth-order valence-electron chi connectivity index (χ4n) is 2.86. The van der Waals surface area contributed by atoms with Crippen molar-refractivity contribution in [2.45, 2.75) is 24.4 Å². The van der Waals surface area contributed by atoms with Crippen LogP contribution in [0, 0.1) is 11.6 Å². The molecule has 0 bridgehead atoms. The average molecular weight is 365 g/mol. The Morgan fingerprint density at radius 2 is 1.84 bits per heavy atom. The maximum atomic E-state index is 13.5. The van der Waals surface area contributed by atoms with Crippen molar-refractivity contribution in [1.29, 1.82) is 0 Å². The zero-order chi connectivity index (χ0) is 18.4. The van der Waals surface area contributed by atoms with Gasteiger partial charge in [-0.2, -0.15) is 0 Å². The average Bonchev–Trinajstić information content (AvgIpc) is 2.84. The van der Waals surface area contributed by atoms with Crippen molar-refractivity contribution in [2.75, 3.05) is 6.26 Å². The molecule has 132 valence electrons. The van der Waals surface area contributed by atoms with Gasteiger partial charge < -0.3 is 10.3 Å². The van der Waals surface area contributed by atoms with Crippen LogP contribution in [0.15, 0.2) is 41.3 Å². The second-order valence-electron chi connectivity index (χ2n) is 6.02. The summed E-state index contributed by atoms with van der Waals surface area (Å²) in [5.74, 6) is -0.967. The number of imidazole rings is 1. The number of hydrogen-bond donors (Lipinski definition) is 1. The Morgan fingerprint density at radius 1 is 1.20 bits per heavy atom. The Hall–Kier alpha value is -2.32. The third-order valence-electron chi connectivity index (χ3n) is 3.83. The van der Waals surface area contributed by atoms with E-state index in [1.54, 1.807) is 23.6 Å². The molecule has 0 saturated carbocycles. The summed E-state index contributed by atoms with van der Waals surface area (Å²) in [7, 11) is -3.52. The number of halogens is 2. The third kappa shape index (κ3) is 3.40. The van der Waals surface area contributed by atoms with Gasteiger partial charge >= 0.3 is 0 Å². The van der Waals surface area contributed by atoms with Crippen LogP contribution < -0.4 is 5.73 Å². The van der Waals surface area contributed by atoms with E-state index in [0.717, 1.165) is 12.3 Å². The van der Waals surface area contributed by atoms with Gasteiger partial charge in [-0.15, -0.1) is 0 Å². The van der Waals surface area contributed by atoms with E-state index >= 15 is 0 Å². The lowest BCUT2D eigenvalue weighted by atomic mass is 10.2. The Bertz CT molecular complexity index is 1040. The van der Waals surface area contributed by atoms with Crippen LogP contribution in [0.5, 0.6) is 0 Å². The molecule has 3 aromatic rings. The summed E-state index contributed by atoms with van der Waals surface area (Å²) in [5, 5.41) is 0. The minimum absolute atomic E-state index is 0.0502. The third-order valence-corrected chi connectivity index (χ3v) is 4.96. The molecule has 5 nitrogen and oxygen atoms in total. The van der Waals surface area contributed by atoms with Gasteiger partial charge in [0.25, 0.3) is 0 Å². The number of rotatable bonds is 4. The second kappa shape index (κ2) is 6.20. The number of nitrogens with zero attached hydrogens (tertiary/aromatic N) is 2. The highest BCUT2D eigenvalue weighted by atomic mass is 32.2. The summed E-state index contributed by atoms with van der Waals surface area (Å²) in [4.78, 5) is 4.51. The normalized spacial score (nSPS) is 13.3. The predicted octanol–water partition coefficient (Wildman–Crippen LogP) is 2.79. The molecule has 0 aliphatic heterocycles. The van der Waals surface area contributed by atoms with Gasteiger partial charge in [0.2, 0.25) is 0 Å². The molecular weight excluding hydrogens is 348 g/mol. The van der Waals surface area contributed by atoms with Crippen molar-refractivity contribution in [3.8, 4) is 0 Å². The minimum Gasteiger partial charge on any atom is -0.322 e. The van der Waals surface area contributed by atoms with Crippen molar-refractivity contribution in [2.24, 2.45) is 5.73 Å². The van der Waals surface area contributed by atoms with Gasteiger partial charge in [-0.1, -0.05) is 6.07 Å². The standard InChI is InChI=1S/C17H17F2N3O2S/c1-10(20)17-21-14-4-3-5-15(25(2,23)24)16(14)22(17)9-11-6-12(18)8-13(19)7-11/h3-8,10H,9,20H2,1-2H3/t10-/m0/s1. The first-order chi connectivity index (χ1) is 11.7. The summed E-state index contributed by atoms with van der Waals surface area (Å²) >= 11 is 0. The highest BCUT2D eigenvalue weighted by molar-refractivity contribution is 7.91. The van der Waals surface area contributed by atoms with E-state index in [0.29, 0.717) is 22.4 Å². The second-order valence-corrected chi connectivity index (χ2v) is 8.00. The molecule has 2 aromatic carbocycles.